The maximum Gasteiger partial charge on any atom is 0.410 e. The fourth-order valence-electron chi connectivity index (χ4n) is 6.17. The van der Waals surface area contributed by atoms with E-state index < -0.39 is 13.7 Å². The van der Waals surface area contributed by atoms with E-state index in [0.29, 0.717) is 38.1 Å². The third-order valence-electron chi connectivity index (χ3n) is 9.11. The molecule has 12 heteroatoms. The van der Waals surface area contributed by atoms with Crippen LogP contribution in [0, 0.1) is 5.92 Å². The van der Waals surface area contributed by atoms with Crippen molar-refractivity contribution in [1.29, 1.82) is 0 Å². The van der Waals surface area contributed by atoms with Gasteiger partial charge in [0.15, 0.2) is 0 Å². The SMILES string of the molecule is COc1cncc(-c2cc(Cn3ccc(N4CCC[C@@H](N(CC5CCC5)C(=O)OC(C)(C)C)C4)cc3=O)nn2COCC[Si](C)(C)C)c1. The Balaban J connectivity index is 1.31. The molecule has 3 aromatic heterocycles. The van der Waals surface area contributed by atoms with Crippen LogP contribution in [0.5, 0.6) is 5.75 Å². The van der Waals surface area contributed by atoms with Gasteiger partial charge in [-0.05, 0) is 76.6 Å². The van der Waals surface area contributed by atoms with Crippen LogP contribution in [-0.4, -0.2) is 83.4 Å². The number of nitrogens with zero attached hydrogens (tertiary/aromatic N) is 6. The Morgan fingerprint density at radius 2 is 1.88 bits per heavy atom. The molecule has 0 bridgehead atoms. The normalized spacial score (nSPS) is 17.2. The molecule has 0 unspecified atom stereocenters. The molecule has 2 fully saturated rings. The summed E-state index contributed by atoms with van der Waals surface area (Å²) in [7, 11) is 0.390. The molecule has 11 nitrogen and oxygen atoms in total. The van der Waals surface area contributed by atoms with Crippen molar-refractivity contribution in [2.75, 3.05) is 38.3 Å². The van der Waals surface area contributed by atoms with Gasteiger partial charge >= 0.3 is 6.09 Å². The zero-order valence-electron chi connectivity index (χ0n) is 29.9. The summed E-state index contributed by atoms with van der Waals surface area (Å²) < 4.78 is 20.8. The fraction of sp³-hybridized carbons (Fsp3) is 0.611. The van der Waals surface area contributed by atoms with E-state index in [2.05, 4.69) is 29.5 Å². The Morgan fingerprint density at radius 3 is 2.54 bits per heavy atom. The highest BCUT2D eigenvalue weighted by Gasteiger charge is 2.34. The molecular formula is C36H54N6O5Si. The third kappa shape index (κ3) is 9.71. The molecule has 1 saturated carbocycles. The van der Waals surface area contributed by atoms with Crippen LogP contribution in [0.3, 0.4) is 0 Å². The highest BCUT2D eigenvalue weighted by atomic mass is 28.3. The number of carbonyl (C=O) groups excluding carboxylic acids is 1. The zero-order valence-corrected chi connectivity index (χ0v) is 30.9. The monoisotopic (exact) mass is 678 g/mol. The molecule has 1 amide bonds. The number of hydrogen-bond acceptors (Lipinski definition) is 8. The van der Waals surface area contributed by atoms with Gasteiger partial charge in [-0.15, -0.1) is 0 Å². The minimum Gasteiger partial charge on any atom is -0.495 e. The number of anilines is 1. The van der Waals surface area contributed by atoms with Crippen LogP contribution in [0.1, 0.15) is 58.6 Å². The molecular weight excluding hydrogens is 625 g/mol. The number of hydrogen-bond donors (Lipinski definition) is 0. The van der Waals surface area contributed by atoms with Gasteiger partial charge in [0.05, 0.1) is 37.3 Å². The number of carbonyl (C=O) groups is 1. The van der Waals surface area contributed by atoms with Gasteiger partial charge in [-0.1, -0.05) is 26.1 Å². The maximum absolute atomic E-state index is 13.5. The van der Waals surface area contributed by atoms with Crippen LogP contribution in [0.4, 0.5) is 10.5 Å². The topological polar surface area (TPSA) is 104 Å². The molecule has 48 heavy (non-hydrogen) atoms. The van der Waals surface area contributed by atoms with Crippen LogP contribution < -0.4 is 15.2 Å². The molecule has 262 valence electrons. The number of piperidine rings is 1. The Bertz CT molecular complexity index is 1590. The molecule has 0 N–H and O–H groups in total. The predicted molar refractivity (Wildman–Crippen MR) is 191 cm³/mol. The van der Waals surface area contributed by atoms with E-state index in [1.54, 1.807) is 30.1 Å². The van der Waals surface area contributed by atoms with Crippen LogP contribution in [0.25, 0.3) is 11.3 Å². The van der Waals surface area contributed by atoms with E-state index >= 15 is 0 Å². The number of rotatable bonds is 13. The summed E-state index contributed by atoms with van der Waals surface area (Å²) in [4.78, 5) is 35.3. The Morgan fingerprint density at radius 1 is 1.08 bits per heavy atom. The van der Waals surface area contributed by atoms with Crippen molar-refractivity contribution in [3.63, 3.8) is 0 Å². The van der Waals surface area contributed by atoms with Gasteiger partial charge in [0.2, 0.25) is 0 Å². The summed E-state index contributed by atoms with van der Waals surface area (Å²) in [5.74, 6) is 1.20. The highest BCUT2D eigenvalue weighted by molar-refractivity contribution is 6.76. The van der Waals surface area contributed by atoms with Crippen LogP contribution in [-0.2, 0) is 22.7 Å². The van der Waals surface area contributed by atoms with E-state index in [9.17, 15) is 9.59 Å². The highest BCUT2D eigenvalue weighted by Crippen LogP contribution is 2.31. The second-order valence-electron chi connectivity index (χ2n) is 15.5. The number of aromatic nitrogens is 4. The van der Waals surface area contributed by atoms with Crippen molar-refractivity contribution in [2.24, 2.45) is 5.92 Å². The van der Waals surface area contributed by atoms with Gasteiger partial charge in [0.25, 0.3) is 5.56 Å². The molecule has 1 aliphatic heterocycles. The fourth-order valence-corrected chi connectivity index (χ4v) is 6.92. The standard InChI is InChI=1S/C36H54N6O5Si/c1-36(2,3)47-35(44)41(23-27-10-8-11-27)31-12-9-14-39(25-31)30-13-15-40(34(43)20-30)24-29-19-33(28-18-32(45-4)22-37-21-28)42(38-29)26-46-16-17-48(5,6)7/h13,15,18-22,27,31H,8-12,14,16-17,23-26H2,1-7H3/t31-/m1/s1. The van der Waals surface area contributed by atoms with Crippen molar-refractivity contribution < 1.29 is 19.0 Å². The molecule has 1 aliphatic carbocycles. The summed E-state index contributed by atoms with van der Waals surface area (Å²) in [6.45, 7) is 16.3. The van der Waals surface area contributed by atoms with Crippen molar-refractivity contribution in [1.82, 2.24) is 24.2 Å². The predicted octanol–water partition coefficient (Wildman–Crippen LogP) is 6.48. The van der Waals surface area contributed by atoms with Crippen LogP contribution in [0.15, 0.2) is 47.7 Å². The number of amides is 1. The maximum atomic E-state index is 13.5. The lowest BCUT2D eigenvalue weighted by atomic mass is 9.84. The quantitative estimate of drug-likeness (QED) is 0.150. The van der Waals surface area contributed by atoms with Gasteiger partial charge in [0, 0.05) is 64.0 Å². The molecule has 1 atom stereocenters. The van der Waals surface area contributed by atoms with E-state index in [1.165, 1.54) is 6.42 Å². The first kappa shape index (κ1) is 35.7. The van der Waals surface area contributed by atoms with Crippen molar-refractivity contribution >= 4 is 19.9 Å². The number of methoxy groups -OCH3 is 1. The summed E-state index contributed by atoms with van der Waals surface area (Å²) in [5, 5.41) is 4.85. The van der Waals surface area contributed by atoms with Crippen LogP contribution >= 0.6 is 0 Å². The lowest BCUT2D eigenvalue weighted by molar-refractivity contribution is 0.00735. The molecule has 0 radical (unpaired) electrons. The molecule has 5 rings (SSSR count). The average Bonchev–Trinajstić information content (AvgIpc) is 3.41. The minimum absolute atomic E-state index is 0.0399. The summed E-state index contributed by atoms with van der Waals surface area (Å²) in [6, 6.07) is 8.72. The molecule has 0 aromatic carbocycles. The minimum atomic E-state index is -1.23. The van der Waals surface area contributed by atoms with Gasteiger partial charge in [-0.2, -0.15) is 5.10 Å². The second-order valence-corrected chi connectivity index (χ2v) is 21.1. The first-order chi connectivity index (χ1) is 22.8. The first-order valence-corrected chi connectivity index (χ1v) is 21.1. The van der Waals surface area contributed by atoms with E-state index in [-0.39, 0.29) is 17.7 Å². The summed E-state index contributed by atoms with van der Waals surface area (Å²) in [5.41, 5.74) is 2.69. The largest absolute Gasteiger partial charge is 0.495 e. The number of pyridine rings is 2. The molecule has 2 aliphatic rings. The Labute approximate surface area is 286 Å². The third-order valence-corrected chi connectivity index (χ3v) is 10.8. The summed E-state index contributed by atoms with van der Waals surface area (Å²) >= 11 is 0. The Kier molecular flexibility index (Phi) is 11.3. The van der Waals surface area contributed by atoms with Gasteiger partial charge in [-0.3, -0.25) is 9.78 Å². The number of ether oxygens (including phenoxy) is 3. The summed E-state index contributed by atoms with van der Waals surface area (Å²) in [6.07, 6.45) is 10.5. The lowest BCUT2D eigenvalue weighted by Gasteiger charge is -2.43. The second kappa shape index (κ2) is 15.3. The van der Waals surface area contributed by atoms with E-state index in [4.69, 9.17) is 19.3 Å². The molecule has 0 spiro atoms. The van der Waals surface area contributed by atoms with Crippen molar-refractivity contribution in [3.8, 4) is 17.0 Å². The van der Waals surface area contributed by atoms with Gasteiger partial charge in [-0.25, -0.2) is 9.48 Å². The molecule has 4 heterocycles. The van der Waals surface area contributed by atoms with Crippen molar-refractivity contribution in [2.45, 2.75) is 103 Å². The lowest BCUT2D eigenvalue weighted by Crippen LogP contribution is -2.53. The first-order valence-electron chi connectivity index (χ1n) is 17.4. The van der Waals surface area contributed by atoms with Gasteiger partial charge in [0.1, 0.15) is 18.1 Å². The van der Waals surface area contributed by atoms with E-state index in [0.717, 1.165) is 67.5 Å². The Hall–Kier alpha value is -3.64. The molecule has 1 saturated heterocycles. The smallest absolute Gasteiger partial charge is 0.410 e. The van der Waals surface area contributed by atoms with Gasteiger partial charge < -0.3 is 28.6 Å². The average molecular weight is 679 g/mol. The van der Waals surface area contributed by atoms with Crippen LogP contribution in [0.2, 0.25) is 25.7 Å². The molecule has 3 aromatic rings. The van der Waals surface area contributed by atoms with Crippen molar-refractivity contribution in [3.05, 3.63) is 58.9 Å². The van der Waals surface area contributed by atoms with E-state index in [1.807, 2.05) is 54.7 Å². The zero-order chi connectivity index (χ0) is 34.5.